The van der Waals surface area contributed by atoms with E-state index in [9.17, 15) is 9.18 Å². The largest absolute Gasteiger partial charge is 0.336 e. The van der Waals surface area contributed by atoms with Crippen molar-refractivity contribution in [3.05, 3.63) is 34.1 Å². The molecule has 1 aromatic rings. The molecule has 1 unspecified atom stereocenters. The summed E-state index contributed by atoms with van der Waals surface area (Å²) in [5.74, 6) is -0.447. The maximum atomic E-state index is 13.4. The van der Waals surface area contributed by atoms with Crippen molar-refractivity contribution in [2.45, 2.75) is 31.7 Å². The first-order chi connectivity index (χ1) is 9.11. The molecule has 104 valence electrons. The van der Waals surface area contributed by atoms with Gasteiger partial charge in [0, 0.05) is 28.0 Å². The lowest BCUT2D eigenvalue weighted by molar-refractivity contribution is 0.0609. The lowest BCUT2D eigenvalue weighted by Gasteiger charge is -2.35. The third kappa shape index (κ3) is 3.78. The number of hydrogen-bond acceptors (Lipinski definition) is 1. The molecule has 19 heavy (non-hydrogen) atoms. The molecule has 1 fully saturated rings. The molecule has 1 aliphatic rings. The number of piperidine rings is 1. The number of likely N-dealkylation sites (tertiary alicyclic amines) is 1. The van der Waals surface area contributed by atoms with Crippen LogP contribution in [0.2, 0.25) is 0 Å². The average Bonchev–Trinajstić information content (AvgIpc) is 2.38. The van der Waals surface area contributed by atoms with Crippen molar-refractivity contribution in [3.63, 3.8) is 0 Å². The van der Waals surface area contributed by atoms with E-state index in [1.807, 2.05) is 4.90 Å². The van der Waals surface area contributed by atoms with Crippen LogP contribution < -0.4 is 0 Å². The highest BCUT2D eigenvalue weighted by Gasteiger charge is 2.27. The monoisotopic (exact) mass is 391 g/mol. The Morgan fingerprint density at radius 3 is 2.84 bits per heavy atom. The molecule has 2 rings (SSSR count). The average molecular weight is 393 g/mol. The number of rotatable bonds is 3. The van der Waals surface area contributed by atoms with E-state index in [1.165, 1.54) is 12.1 Å². The number of hydrogen-bond donors (Lipinski definition) is 0. The molecule has 0 radical (unpaired) electrons. The summed E-state index contributed by atoms with van der Waals surface area (Å²) in [6, 6.07) is 4.63. The molecule has 5 heteroatoms. The van der Waals surface area contributed by atoms with Gasteiger partial charge in [0.15, 0.2) is 0 Å². The summed E-state index contributed by atoms with van der Waals surface area (Å²) in [5, 5.41) is 0.883. The predicted molar refractivity (Wildman–Crippen MR) is 81.2 cm³/mol. The van der Waals surface area contributed by atoms with Gasteiger partial charge in [-0.1, -0.05) is 31.9 Å². The fourth-order valence-corrected chi connectivity index (χ4v) is 3.53. The Morgan fingerprint density at radius 1 is 1.37 bits per heavy atom. The van der Waals surface area contributed by atoms with E-state index >= 15 is 0 Å². The minimum Gasteiger partial charge on any atom is -0.336 e. The van der Waals surface area contributed by atoms with Crippen LogP contribution in [0.25, 0.3) is 0 Å². The molecule has 0 N–H and O–H groups in total. The first-order valence-electron chi connectivity index (χ1n) is 6.45. The number of benzene rings is 1. The normalized spacial score (nSPS) is 19.5. The Balaban J connectivity index is 2.20. The fourth-order valence-electron chi connectivity index (χ4n) is 2.54. The van der Waals surface area contributed by atoms with Gasteiger partial charge in [-0.3, -0.25) is 4.79 Å². The molecule has 1 heterocycles. The molecule has 0 aliphatic carbocycles. The van der Waals surface area contributed by atoms with Gasteiger partial charge in [0.25, 0.3) is 5.91 Å². The van der Waals surface area contributed by atoms with Crippen LogP contribution in [0.1, 0.15) is 36.0 Å². The van der Waals surface area contributed by atoms with Crippen molar-refractivity contribution in [2.24, 2.45) is 0 Å². The third-order valence-corrected chi connectivity index (χ3v) is 4.36. The Kier molecular flexibility index (Phi) is 5.39. The predicted octanol–water partition coefficient (Wildman–Crippen LogP) is 4.37. The van der Waals surface area contributed by atoms with Crippen molar-refractivity contribution < 1.29 is 9.18 Å². The number of halogens is 3. The second-order valence-electron chi connectivity index (χ2n) is 4.78. The van der Waals surface area contributed by atoms with Crippen LogP contribution in [0.3, 0.4) is 0 Å². The van der Waals surface area contributed by atoms with Crippen LogP contribution in [0.4, 0.5) is 4.39 Å². The number of carbonyl (C=O) groups excluding carboxylic acids is 1. The van der Waals surface area contributed by atoms with E-state index in [2.05, 4.69) is 31.9 Å². The number of alkyl halides is 1. The Labute approximate surface area is 129 Å². The van der Waals surface area contributed by atoms with Crippen LogP contribution in [-0.4, -0.2) is 28.7 Å². The molecular formula is C14H16Br2FNO. The molecule has 1 saturated heterocycles. The van der Waals surface area contributed by atoms with Gasteiger partial charge in [-0.2, -0.15) is 0 Å². The molecule has 0 saturated carbocycles. The maximum absolute atomic E-state index is 13.4. The first kappa shape index (κ1) is 15.0. The summed E-state index contributed by atoms with van der Waals surface area (Å²) in [4.78, 5) is 14.4. The first-order valence-corrected chi connectivity index (χ1v) is 8.36. The summed E-state index contributed by atoms with van der Waals surface area (Å²) in [6.07, 6.45) is 4.17. The van der Waals surface area contributed by atoms with Gasteiger partial charge in [-0.05, 0) is 43.9 Å². The van der Waals surface area contributed by atoms with Gasteiger partial charge in [0.05, 0.1) is 0 Å². The van der Waals surface area contributed by atoms with Gasteiger partial charge < -0.3 is 4.90 Å². The Hall–Kier alpha value is -0.420. The summed E-state index contributed by atoms with van der Waals surface area (Å²) < 4.78 is 14.0. The molecule has 1 amide bonds. The van der Waals surface area contributed by atoms with E-state index in [4.69, 9.17) is 0 Å². The zero-order valence-corrected chi connectivity index (χ0v) is 13.7. The minimum atomic E-state index is -0.383. The van der Waals surface area contributed by atoms with Gasteiger partial charge >= 0.3 is 0 Å². The molecule has 0 bridgehead atoms. The van der Waals surface area contributed by atoms with Crippen LogP contribution in [0.5, 0.6) is 0 Å². The molecule has 2 nitrogen and oxygen atoms in total. The summed E-state index contributed by atoms with van der Waals surface area (Å²) in [7, 11) is 0. The third-order valence-electron chi connectivity index (χ3n) is 3.44. The van der Waals surface area contributed by atoms with Crippen LogP contribution >= 0.6 is 31.9 Å². The fraction of sp³-hybridized carbons (Fsp3) is 0.500. The quantitative estimate of drug-likeness (QED) is 0.699. The van der Waals surface area contributed by atoms with Crippen molar-refractivity contribution in [1.29, 1.82) is 0 Å². The highest BCUT2D eigenvalue weighted by atomic mass is 79.9. The topological polar surface area (TPSA) is 20.3 Å². The second kappa shape index (κ2) is 6.84. The summed E-state index contributed by atoms with van der Waals surface area (Å²) in [6.45, 7) is 0.768. The van der Waals surface area contributed by atoms with Crippen molar-refractivity contribution in [3.8, 4) is 0 Å². The molecule has 1 atom stereocenters. The molecule has 0 spiro atoms. The highest BCUT2D eigenvalue weighted by Crippen LogP contribution is 2.24. The molecule has 1 aliphatic heterocycles. The Bertz CT molecular complexity index is 445. The number of nitrogens with zero attached hydrogens (tertiary/aromatic N) is 1. The van der Waals surface area contributed by atoms with Gasteiger partial charge in [0.1, 0.15) is 5.82 Å². The van der Waals surface area contributed by atoms with E-state index in [0.717, 1.165) is 37.6 Å². The Morgan fingerprint density at radius 2 is 2.16 bits per heavy atom. The van der Waals surface area contributed by atoms with Crippen LogP contribution in [-0.2, 0) is 0 Å². The van der Waals surface area contributed by atoms with Crippen molar-refractivity contribution in [2.75, 3.05) is 11.9 Å². The van der Waals surface area contributed by atoms with E-state index in [-0.39, 0.29) is 17.8 Å². The standard InChI is InChI=1S/C14H16Br2FNO/c15-5-4-13-3-1-2-6-18(13)14(19)10-7-11(16)9-12(17)8-10/h7-9,13H,1-6H2. The van der Waals surface area contributed by atoms with Crippen LogP contribution in [0.15, 0.2) is 22.7 Å². The summed E-state index contributed by atoms with van der Waals surface area (Å²) >= 11 is 6.67. The SMILES string of the molecule is O=C(c1cc(F)cc(Br)c1)N1CCCCC1CCBr. The van der Waals surface area contributed by atoms with E-state index in [0.29, 0.717) is 10.0 Å². The lowest BCUT2D eigenvalue weighted by Crippen LogP contribution is -2.44. The smallest absolute Gasteiger partial charge is 0.254 e. The molecule has 1 aromatic carbocycles. The van der Waals surface area contributed by atoms with Gasteiger partial charge in [0.2, 0.25) is 0 Å². The molecular weight excluding hydrogens is 377 g/mol. The maximum Gasteiger partial charge on any atom is 0.254 e. The molecule has 0 aromatic heterocycles. The van der Waals surface area contributed by atoms with Crippen LogP contribution in [0, 0.1) is 5.82 Å². The van der Waals surface area contributed by atoms with E-state index < -0.39 is 0 Å². The highest BCUT2D eigenvalue weighted by molar-refractivity contribution is 9.10. The zero-order valence-electron chi connectivity index (χ0n) is 10.5. The lowest BCUT2D eigenvalue weighted by atomic mass is 9.99. The second-order valence-corrected chi connectivity index (χ2v) is 6.49. The van der Waals surface area contributed by atoms with Crippen molar-refractivity contribution in [1.82, 2.24) is 4.90 Å². The number of carbonyl (C=O) groups is 1. The van der Waals surface area contributed by atoms with Gasteiger partial charge in [-0.25, -0.2) is 4.39 Å². The summed E-state index contributed by atoms with van der Waals surface area (Å²) in [5.41, 5.74) is 0.424. The minimum absolute atomic E-state index is 0.0640. The zero-order chi connectivity index (χ0) is 13.8. The van der Waals surface area contributed by atoms with Gasteiger partial charge in [-0.15, -0.1) is 0 Å². The number of amides is 1. The van der Waals surface area contributed by atoms with E-state index in [1.54, 1.807) is 6.07 Å². The van der Waals surface area contributed by atoms with Crippen molar-refractivity contribution >= 4 is 37.8 Å².